The average molecular weight is 179 g/mol. The van der Waals surface area contributed by atoms with E-state index in [4.69, 9.17) is 0 Å². The molecule has 13 heavy (non-hydrogen) atoms. The monoisotopic (exact) mass is 179 g/mol. The van der Waals surface area contributed by atoms with Gasteiger partial charge in [-0.3, -0.25) is 4.68 Å². The number of aryl methyl sites for hydroxylation is 2. The molecule has 3 nitrogen and oxygen atoms in total. The van der Waals surface area contributed by atoms with E-state index in [1.165, 1.54) is 17.7 Å². The number of nitrogens with one attached hydrogen (secondary N) is 1. The highest BCUT2D eigenvalue weighted by atomic mass is 15.2. The van der Waals surface area contributed by atoms with E-state index in [0.717, 1.165) is 18.4 Å². The molecule has 1 aliphatic rings. The van der Waals surface area contributed by atoms with Crippen molar-refractivity contribution < 1.29 is 0 Å². The summed E-state index contributed by atoms with van der Waals surface area (Å²) in [6.07, 6.45) is 3.49. The molecular weight excluding hydrogens is 162 g/mol. The fraction of sp³-hybridized carbons (Fsp3) is 0.700. The van der Waals surface area contributed by atoms with Crippen molar-refractivity contribution in [1.82, 2.24) is 15.1 Å². The predicted molar refractivity (Wildman–Crippen MR) is 52.7 cm³/mol. The molecule has 1 aromatic rings. The van der Waals surface area contributed by atoms with E-state index in [-0.39, 0.29) is 0 Å². The summed E-state index contributed by atoms with van der Waals surface area (Å²) in [7, 11) is 4.01. The largest absolute Gasteiger partial charge is 0.319 e. The molecule has 72 valence electrons. The molecule has 2 atom stereocenters. The minimum Gasteiger partial charge on any atom is -0.319 e. The van der Waals surface area contributed by atoms with Gasteiger partial charge in [0.1, 0.15) is 0 Å². The van der Waals surface area contributed by atoms with Crippen LogP contribution < -0.4 is 5.32 Å². The van der Waals surface area contributed by atoms with Gasteiger partial charge in [-0.1, -0.05) is 0 Å². The number of aromatic nitrogens is 2. The molecule has 0 radical (unpaired) electrons. The van der Waals surface area contributed by atoms with Gasteiger partial charge < -0.3 is 5.32 Å². The topological polar surface area (TPSA) is 29.9 Å². The quantitative estimate of drug-likeness (QED) is 0.751. The second-order valence-corrected chi connectivity index (χ2v) is 4.00. The van der Waals surface area contributed by atoms with Gasteiger partial charge in [-0.25, -0.2) is 0 Å². The Morgan fingerprint density at radius 2 is 2.46 bits per heavy atom. The molecule has 2 unspecified atom stereocenters. The highest BCUT2D eigenvalue weighted by molar-refractivity contribution is 5.27. The first-order chi connectivity index (χ1) is 6.22. The molecule has 1 fully saturated rings. The third-order valence-electron chi connectivity index (χ3n) is 2.84. The smallest absolute Gasteiger partial charge is 0.0628 e. The molecule has 0 aliphatic heterocycles. The predicted octanol–water partition coefficient (Wildman–Crippen LogP) is 1.05. The fourth-order valence-electron chi connectivity index (χ4n) is 2.10. The number of nitrogens with zero attached hydrogens (tertiary/aromatic N) is 2. The summed E-state index contributed by atoms with van der Waals surface area (Å²) in [4.78, 5) is 0. The van der Waals surface area contributed by atoms with Crippen LogP contribution in [0.25, 0.3) is 0 Å². The number of hydrogen-bond donors (Lipinski definition) is 1. The Bertz CT molecular complexity index is 303. The molecule has 0 spiro atoms. The van der Waals surface area contributed by atoms with Crippen LogP contribution >= 0.6 is 0 Å². The first-order valence-corrected chi connectivity index (χ1v) is 4.87. The van der Waals surface area contributed by atoms with Gasteiger partial charge in [-0.2, -0.15) is 5.10 Å². The van der Waals surface area contributed by atoms with Crippen molar-refractivity contribution in [2.24, 2.45) is 13.0 Å². The zero-order chi connectivity index (χ0) is 9.42. The van der Waals surface area contributed by atoms with Crippen LogP contribution in [0.15, 0.2) is 6.20 Å². The van der Waals surface area contributed by atoms with E-state index in [9.17, 15) is 0 Å². The molecule has 1 N–H and O–H groups in total. The Morgan fingerprint density at radius 3 is 3.00 bits per heavy atom. The summed E-state index contributed by atoms with van der Waals surface area (Å²) in [5, 5.41) is 7.59. The van der Waals surface area contributed by atoms with Gasteiger partial charge in [0.25, 0.3) is 0 Å². The Balaban J connectivity index is 2.07. The number of hydrogen-bond acceptors (Lipinski definition) is 2. The summed E-state index contributed by atoms with van der Waals surface area (Å²) in [6.45, 7) is 3.24. The lowest BCUT2D eigenvalue weighted by Crippen LogP contribution is -2.10. The van der Waals surface area contributed by atoms with Gasteiger partial charge in [-0.15, -0.1) is 0 Å². The van der Waals surface area contributed by atoms with E-state index in [1.54, 1.807) is 0 Å². The Hall–Kier alpha value is -0.830. The van der Waals surface area contributed by atoms with Gasteiger partial charge in [0.05, 0.1) is 5.69 Å². The van der Waals surface area contributed by atoms with Crippen LogP contribution in [0.4, 0.5) is 0 Å². The van der Waals surface area contributed by atoms with Crippen molar-refractivity contribution >= 4 is 0 Å². The molecule has 1 heterocycles. The van der Waals surface area contributed by atoms with Crippen LogP contribution in [0.2, 0.25) is 0 Å². The molecule has 0 saturated heterocycles. The van der Waals surface area contributed by atoms with Crippen molar-refractivity contribution in [3.05, 3.63) is 17.5 Å². The van der Waals surface area contributed by atoms with Crippen LogP contribution in [-0.2, 0) is 7.05 Å². The maximum atomic E-state index is 4.36. The zero-order valence-corrected chi connectivity index (χ0v) is 8.54. The van der Waals surface area contributed by atoms with Crippen molar-refractivity contribution in [2.45, 2.75) is 19.3 Å². The lowest BCUT2D eigenvalue weighted by molar-refractivity contribution is 0.697. The summed E-state index contributed by atoms with van der Waals surface area (Å²) >= 11 is 0. The minimum absolute atomic E-state index is 0.765. The molecule has 1 saturated carbocycles. The summed E-state index contributed by atoms with van der Waals surface area (Å²) in [6, 6.07) is 0. The van der Waals surface area contributed by atoms with E-state index in [0.29, 0.717) is 0 Å². The van der Waals surface area contributed by atoms with Crippen LogP contribution in [0.5, 0.6) is 0 Å². The molecule has 1 aromatic heterocycles. The second kappa shape index (κ2) is 3.14. The first-order valence-electron chi connectivity index (χ1n) is 4.87. The van der Waals surface area contributed by atoms with E-state index < -0.39 is 0 Å². The average Bonchev–Trinajstić information content (AvgIpc) is 2.73. The van der Waals surface area contributed by atoms with Gasteiger partial charge in [0.2, 0.25) is 0 Å². The lowest BCUT2D eigenvalue weighted by atomic mass is 10.1. The highest BCUT2D eigenvalue weighted by Crippen LogP contribution is 2.47. The van der Waals surface area contributed by atoms with Crippen molar-refractivity contribution in [3.63, 3.8) is 0 Å². The van der Waals surface area contributed by atoms with Crippen molar-refractivity contribution in [3.8, 4) is 0 Å². The molecule has 0 amide bonds. The SMILES string of the molecule is CNCC1CC1c1cn(C)nc1C. The highest BCUT2D eigenvalue weighted by Gasteiger charge is 2.39. The van der Waals surface area contributed by atoms with Gasteiger partial charge >= 0.3 is 0 Å². The molecular formula is C10H17N3. The van der Waals surface area contributed by atoms with Crippen LogP contribution in [0, 0.1) is 12.8 Å². The zero-order valence-electron chi connectivity index (χ0n) is 8.54. The third-order valence-corrected chi connectivity index (χ3v) is 2.84. The van der Waals surface area contributed by atoms with Crippen molar-refractivity contribution in [2.75, 3.05) is 13.6 Å². The van der Waals surface area contributed by atoms with Crippen LogP contribution in [0.3, 0.4) is 0 Å². The lowest BCUT2D eigenvalue weighted by Gasteiger charge is -1.96. The molecule has 2 rings (SSSR count). The molecule has 1 aliphatic carbocycles. The minimum atomic E-state index is 0.765. The van der Waals surface area contributed by atoms with Crippen molar-refractivity contribution in [1.29, 1.82) is 0 Å². The Kier molecular flexibility index (Phi) is 2.12. The van der Waals surface area contributed by atoms with Gasteiger partial charge in [0, 0.05) is 13.2 Å². The molecule has 3 heteroatoms. The molecule has 0 bridgehead atoms. The Morgan fingerprint density at radius 1 is 1.69 bits per heavy atom. The fourth-order valence-corrected chi connectivity index (χ4v) is 2.10. The Labute approximate surface area is 79.1 Å². The van der Waals surface area contributed by atoms with Gasteiger partial charge in [-0.05, 0) is 44.3 Å². The summed E-state index contributed by atoms with van der Waals surface area (Å²) in [5.41, 5.74) is 2.65. The summed E-state index contributed by atoms with van der Waals surface area (Å²) in [5.74, 6) is 1.61. The van der Waals surface area contributed by atoms with E-state index in [2.05, 4.69) is 23.5 Å². The maximum absolute atomic E-state index is 4.36. The van der Waals surface area contributed by atoms with Crippen LogP contribution in [0.1, 0.15) is 23.6 Å². The number of rotatable bonds is 3. The first kappa shape index (κ1) is 8.75. The van der Waals surface area contributed by atoms with E-state index >= 15 is 0 Å². The molecule has 0 aromatic carbocycles. The maximum Gasteiger partial charge on any atom is 0.0628 e. The van der Waals surface area contributed by atoms with Gasteiger partial charge in [0.15, 0.2) is 0 Å². The normalized spacial score (nSPS) is 26.4. The summed E-state index contributed by atoms with van der Waals surface area (Å²) < 4.78 is 1.92. The van der Waals surface area contributed by atoms with Crippen LogP contribution in [-0.4, -0.2) is 23.4 Å². The second-order valence-electron chi connectivity index (χ2n) is 4.00. The third kappa shape index (κ3) is 1.61. The van der Waals surface area contributed by atoms with E-state index in [1.807, 2.05) is 18.8 Å². The standard InChI is InChI=1S/C10H17N3/c1-7-10(6-13(3)12-7)9-4-8(9)5-11-2/h6,8-9,11H,4-5H2,1-3H3.